The normalized spacial score (nSPS) is 14.7. The van der Waals surface area contributed by atoms with Crippen molar-refractivity contribution in [2.45, 2.75) is 33.4 Å². The number of likely N-dealkylation sites (N-methyl/N-ethyl adjacent to an activating group) is 1. The van der Waals surface area contributed by atoms with Gasteiger partial charge in [-0.3, -0.25) is 14.2 Å². The predicted molar refractivity (Wildman–Crippen MR) is 172 cm³/mol. The van der Waals surface area contributed by atoms with Crippen LogP contribution in [0.25, 0.3) is 6.08 Å². The molecule has 0 aliphatic carbocycles. The molecule has 2 heterocycles. The van der Waals surface area contributed by atoms with E-state index in [1.54, 1.807) is 28.7 Å². The average Bonchev–Trinajstić information content (AvgIpc) is 3.31. The molecule has 0 spiro atoms. The summed E-state index contributed by atoms with van der Waals surface area (Å²) < 4.78 is 13.7. The van der Waals surface area contributed by atoms with Gasteiger partial charge >= 0.3 is 0 Å². The van der Waals surface area contributed by atoms with Gasteiger partial charge in [-0.05, 0) is 62.7 Å². The quantitative estimate of drug-likeness (QED) is 0.226. The lowest BCUT2D eigenvalue weighted by Gasteiger charge is -2.29. The first-order valence-corrected chi connectivity index (χ1v) is 15.4. The van der Waals surface area contributed by atoms with Crippen molar-refractivity contribution in [3.05, 3.63) is 124 Å². The van der Waals surface area contributed by atoms with E-state index in [1.807, 2.05) is 81.4 Å². The zero-order valence-electron chi connectivity index (χ0n) is 24.3. The first-order chi connectivity index (χ1) is 20.7. The van der Waals surface area contributed by atoms with Crippen molar-refractivity contribution in [3.63, 3.8) is 0 Å². The van der Waals surface area contributed by atoms with Crippen LogP contribution in [0.2, 0.25) is 10.0 Å². The summed E-state index contributed by atoms with van der Waals surface area (Å²) in [7, 11) is 1.59. The number of nitrogens with zero attached hydrogens (tertiary/aromatic N) is 3. The number of methoxy groups -OCH3 is 1. The van der Waals surface area contributed by atoms with Crippen LogP contribution in [0.1, 0.15) is 43.5 Å². The van der Waals surface area contributed by atoms with Gasteiger partial charge in [-0.2, -0.15) is 0 Å². The van der Waals surface area contributed by atoms with Gasteiger partial charge in [-0.25, -0.2) is 4.99 Å². The van der Waals surface area contributed by atoms with Gasteiger partial charge in [0.05, 0.1) is 22.9 Å². The molecule has 0 N–H and O–H groups in total. The fourth-order valence-corrected chi connectivity index (χ4v) is 6.58. The number of thiazole rings is 1. The second-order valence-electron chi connectivity index (χ2n) is 9.89. The highest BCUT2D eigenvalue weighted by molar-refractivity contribution is 7.07. The predicted octanol–water partition coefficient (Wildman–Crippen LogP) is 6.00. The van der Waals surface area contributed by atoms with E-state index < -0.39 is 6.04 Å². The second kappa shape index (κ2) is 13.2. The molecule has 0 bridgehead atoms. The number of hydrogen-bond acceptors (Lipinski definition) is 6. The maximum atomic E-state index is 14.0. The number of rotatable bonds is 9. The number of para-hydroxylation sites is 1. The number of hydrogen-bond donors (Lipinski definition) is 0. The maximum absolute atomic E-state index is 14.0. The van der Waals surface area contributed by atoms with E-state index in [9.17, 15) is 9.59 Å². The zero-order chi connectivity index (χ0) is 30.7. The summed E-state index contributed by atoms with van der Waals surface area (Å²) in [6, 6.07) is 19.5. The molecule has 10 heteroatoms. The van der Waals surface area contributed by atoms with Gasteiger partial charge in [-0.15, -0.1) is 0 Å². The molecule has 3 aromatic carbocycles. The molecule has 4 aromatic rings. The minimum absolute atomic E-state index is 0.146. The third-order valence-electron chi connectivity index (χ3n) is 7.32. The molecule has 1 atom stereocenters. The van der Waals surface area contributed by atoms with E-state index in [-0.39, 0.29) is 11.5 Å². The van der Waals surface area contributed by atoms with Crippen molar-refractivity contribution < 1.29 is 14.3 Å². The molecule has 7 nitrogen and oxygen atoms in total. The van der Waals surface area contributed by atoms with E-state index in [2.05, 4.69) is 0 Å². The Morgan fingerprint density at radius 3 is 2.47 bits per heavy atom. The third-order valence-corrected chi connectivity index (χ3v) is 8.89. The highest BCUT2D eigenvalue weighted by atomic mass is 35.5. The highest BCUT2D eigenvalue weighted by Crippen LogP contribution is 2.36. The highest BCUT2D eigenvalue weighted by Gasteiger charge is 2.35. The Morgan fingerprint density at radius 2 is 1.79 bits per heavy atom. The summed E-state index contributed by atoms with van der Waals surface area (Å²) in [5, 5.41) is 1.11. The first-order valence-electron chi connectivity index (χ1n) is 13.9. The van der Waals surface area contributed by atoms with Crippen LogP contribution >= 0.6 is 34.5 Å². The molecule has 1 aliphatic heterocycles. The standard InChI is InChI=1S/C33H31Cl2N3O4S/c1-5-37(6-2)32(40)29-20(3)36-33-38(30(29)25-9-7-8-10-27(25)41-4)31(39)28(43-33)17-21-11-15-24(16-12-21)42-19-22-13-14-23(34)18-26(22)35/h7-18,30H,5-6,19H2,1-4H3/b28-17+/t30-/m0/s1. The van der Waals surface area contributed by atoms with Crippen LogP contribution in [0.3, 0.4) is 0 Å². The molecule has 1 amide bonds. The largest absolute Gasteiger partial charge is 0.496 e. The van der Waals surface area contributed by atoms with Gasteiger partial charge in [-0.1, -0.05) is 70.9 Å². The van der Waals surface area contributed by atoms with E-state index in [4.69, 9.17) is 37.7 Å². The SMILES string of the molecule is CCN(CC)C(=O)C1=C(C)N=c2s/c(=C/c3ccc(OCc4ccc(Cl)cc4Cl)cc3)c(=O)n2[C@H]1c1ccccc1OC. The van der Waals surface area contributed by atoms with E-state index >= 15 is 0 Å². The van der Waals surface area contributed by atoms with Crippen LogP contribution in [0, 0.1) is 0 Å². The summed E-state index contributed by atoms with van der Waals surface area (Å²) in [6.45, 7) is 7.09. The van der Waals surface area contributed by atoms with E-state index in [0.29, 0.717) is 61.8 Å². The molecule has 222 valence electrons. The molecule has 1 aromatic heterocycles. The molecule has 43 heavy (non-hydrogen) atoms. The Balaban J connectivity index is 1.52. The molecular formula is C33H31Cl2N3O4S. The Labute approximate surface area is 263 Å². The smallest absolute Gasteiger partial charge is 0.271 e. The fraction of sp³-hybridized carbons (Fsp3) is 0.242. The molecule has 0 saturated heterocycles. The molecule has 1 aliphatic rings. The Bertz CT molecular complexity index is 1880. The topological polar surface area (TPSA) is 73.1 Å². The first kappa shape index (κ1) is 30.6. The number of allylic oxidation sites excluding steroid dienone is 1. The summed E-state index contributed by atoms with van der Waals surface area (Å²) >= 11 is 13.5. The lowest BCUT2D eigenvalue weighted by molar-refractivity contribution is -0.127. The molecule has 5 rings (SSSR count). The maximum Gasteiger partial charge on any atom is 0.271 e. The number of aromatic nitrogens is 1. The number of ether oxygens (including phenoxy) is 2. The van der Waals surface area contributed by atoms with Crippen molar-refractivity contribution in [1.82, 2.24) is 9.47 Å². The number of amides is 1. The van der Waals surface area contributed by atoms with Gasteiger partial charge in [0.2, 0.25) is 0 Å². The minimum atomic E-state index is -0.682. The van der Waals surface area contributed by atoms with Crippen molar-refractivity contribution in [3.8, 4) is 11.5 Å². The second-order valence-corrected chi connectivity index (χ2v) is 11.7. The van der Waals surface area contributed by atoms with Crippen LogP contribution in [0.15, 0.2) is 87.8 Å². The third kappa shape index (κ3) is 6.27. The lowest BCUT2D eigenvalue weighted by atomic mass is 9.94. The summed E-state index contributed by atoms with van der Waals surface area (Å²) in [5.41, 5.74) is 3.21. The van der Waals surface area contributed by atoms with E-state index in [0.717, 1.165) is 16.7 Å². The summed E-state index contributed by atoms with van der Waals surface area (Å²) in [4.78, 5) is 34.8. The van der Waals surface area contributed by atoms with Crippen LogP contribution in [-0.4, -0.2) is 35.6 Å². The zero-order valence-corrected chi connectivity index (χ0v) is 26.6. The molecule has 0 radical (unpaired) electrons. The van der Waals surface area contributed by atoms with E-state index in [1.165, 1.54) is 11.3 Å². The molecular weight excluding hydrogens is 605 g/mol. The fourth-order valence-electron chi connectivity index (χ4n) is 5.07. The Morgan fingerprint density at radius 1 is 1.07 bits per heavy atom. The van der Waals surface area contributed by atoms with Crippen molar-refractivity contribution in [1.29, 1.82) is 0 Å². The number of benzene rings is 3. The summed E-state index contributed by atoms with van der Waals surface area (Å²) in [6.07, 6.45) is 1.83. The molecule has 0 fully saturated rings. The number of carbonyl (C=O) groups excluding carboxylic acids is 1. The van der Waals surface area contributed by atoms with Crippen LogP contribution in [0.4, 0.5) is 0 Å². The van der Waals surface area contributed by atoms with Crippen LogP contribution < -0.4 is 24.4 Å². The minimum Gasteiger partial charge on any atom is -0.496 e. The van der Waals surface area contributed by atoms with Crippen molar-refractivity contribution in [2.24, 2.45) is 4.99 Å². The lowest BCUT2D eigenvalue weighted by Crippen LogP contribution is -2.43. The Kier molecular flexibility index (Phi) is 9.40. The van der Waals surface area contributed by atoms with Crippen molar-refractivity contribution in [2.75, 3.05) is 20.2 Å². The number of fused-ring (bicyclic) bond motifs is 1. The average molecular weight is 637 g/mol. The van der Waals surface area contributed by atoms with Crippen LogP contribution in [-0.2, 0) is 11.4 Å². The van der Waals surface area contributed by atoms with Crippen LogP contribution in [0.5, 0.6) is 11.5 Å². The van der Waals surface area contributed by atoms with Gasteiger partial charge in [0, 0.05) is 34.3 Å². The van der Waals surface area contributed by atoms with Gasteiger partial charge in [0.1, 0.15) is 24.1 Å². The number of halogens is 2. The molecule has 0 saturated carbocycles. The number of carbonyl (C=O) groups is 1. The van der Waals surface area contributed by atoms with Gasteiger partial charge in [0.25, 0.3) is 11.5 Å². The Hall–Kier alpha value is -3.85. The monoisotopic (exact) mass is 635 g/mol. The van der Waals surface area contributed by atoms with Crippen molar-refractivity contribution >= 4 is 46.5 Å². The summed E-state index contributed by atoms with van der Waals surface area (Å²) in [5.74, 6) is 1.11. The molecule has 0 unspecified atom stereocenters. The van der Waals surface area contributed by atoms with Gasteiger partial charge < -0.3 is 14.4 Å². The van der Waals surface area contributed by atoms with Gasteiger partial charge in [0.15, 0.2) is 4.80 Å².